The van der Waals surface area contributed by atoms with E-state index in [-0.39, 0.29) is 87.4 Å². The minimum absolute atomic E-state index is 0. The molecule has 0 unspecified atom stereocenters. The van der Waals surface area contributed by atoms with E-state index in [4.69, 9.17) is 25.2 Å². The van der Waals surface area contributed by atoms with E-state index in [1.165, 1.54) is 16.7 Å². The third kappa shape index (κ3) is 82.6. The van der Waals surface area contributed by atoms with Crippen molar-refractivity contribution in [3.05, 3.63) is 135 Å². The Morgan fingerprint density at radius 3 is 1.27 bits per heavy atom. The first-order valence-electron chi connectivity index (χ1n) is 21.5. The van der Waals surface area contributed by atoms with Crippen LogP contribution >= 0.6 is 0 Å². The second kappa shape index (κ2) is 53.0. The summed E-state index contributed by atoms with van der Waals surface area (Å²) in [5, 5.41) is 42.8. The van der Waals surface area contributed by atoms with E-state index in [0.29, 0.717) is 56.1 Å². The number of aliphatic carboxylic acids is 4. The maximum Gasteiger partial charge on any atom is 0.306 e. The summed E-state index contributed by atoms with van der Waals surface area (Å²) in [6.07, 6.45) is 22.1. The number of allylic oxidation sites excluding steroid dienone is 14. The van der Waals surface area contributed by atoms with Gasteiger partial charge in [0.15, 0.2) is 0 Å². The molecule has 11 nitrogen and oxygen atoms in total. The van der Waals surface area contributed by atoms with Gasteiger partial charge in [-0.2, -0.15) is 0 Å². The minimum atomic E-state index is -0.869. The fourth-order valence-corrected chi connectivity index (χ4v) is 3.76. The second-order valence-electron chi connectivity index (χ2n) is 16.2. The van der Waals surface area contributed by atoms with Crippen molar-refractivity contribution in [1.82, 2.24) is 0 Å². The zero-order valence-corrected chi connectivity index (χ0v) is 46.6. The summed E-state index contributed by atoms with van der Waals surface area (Å²) in [6, 6.07) is 0. The monoisotopic (exact) mass is 1130 g/mol. The Hall–Kier alpha value is -3.97. The molecule has 0 aromatic heterocycles. The molecule has 1 rings (SSSR count). The van der Waals surface area contributed by atoms with Gasteiger partial charge >= 0.3 is 29.8 Å². The molecule has 0 atom stereocenters. The number of hydrogen-bond donors (Lipinski definition) is 5. The third-order valence-electron chi connectivity index (χ3n) is 7.35. The Morgan fingerprint density at radius 2 is 0.985 bits per heavy atom. The summed E-state index contributed by atoms with van der Waals surface area (Å²) >= 11 is 0. The summed E-state index contributed by atoms with van der Waals surface area (Å²) < 4.78 is 4.89. The standard InChI is InChI=1S/C10H16O3.C10H14O2.3C10H16O2.C2H6.2CH3.2Pd/c1-8(4-5-9(11)12)6-7-10(2,3)13;1-8(2)3-4-9-5-6-10(11)12-7-9;3*1-8(2)4-5-9(3)6-7-10(11)12;1-2;;;;/h6-7,13H,1,4-5H2,2-3H3,(H,11,12);3-4H,5-7H2,1-2H3;4H,3,5-7H2,1-2H3,(H,11,12);2*4-5,8H,3,6-7H2,1-2H3,(H,11,12);1-2H3;2*1H3;;/q;;;;;;2*-1;;/b7-6+;;;;;;;;;. The number of rotatable bonds is 21. The molecular weight excluding hydrogens is 1040 g/mol. The van der Waals surface area contributed by atoms with E-state index in [1.807, 2.05) is 71.9 Å². The van der Waals surface area contributed by atoms with Crippen molar-refractivity contribution in [2.75, 3.05) is 6.61 Å². The van der Waals surface area contributed by atoms with Gasteiger partial charge in [-0.05, 0) is 97.5 Å². The van der Waals surface area contributed by atoms with Crippen molar-refractivity contribution < 1.29 is 95.1 Å². The van der Waals surface area contributed by atoms with Gasteiger partial charge in [-0.25, -0.2) is 0 Å². The van der Waals surface area contributed by atoms with Crippen LogP contribution in [0.2, 0.25) is 0 Å². The smallest absolute Gasteiger partial charge is 0.306 e. The molecule has 1 aliphatic rings. The van der Waals surface area contributed by atoms with Crippen LogP contribution < -0.4 is 0 Å². The third-order valence-corrected chi connectivity index (χ3v) is 7.35. The van der Waals surface area contributed by atoms with Gasteiger partial charge in [0.25, 0.3) is 0 Å². The zero-order valence-electron chi connectivity index (χ0n) is 43.5. The van der Waals surface area contributed by atoms with E-state index in [1.54, 1.807) is 26.0 Å². The van der Waals surface area contributed by atoms with Gasteiger partial charge in [0.2, 0.25) is 0 Å². The predicted molar refractivity (Wildman–Crippen MR) is 273 cm³/mol. The molecule has 0 aromatic carbocycles. The van der Waals surface area contributed by atoms with Gasteiger partial charge in [-0.3, -0.25) is 24.0 Å². The molecule has 0 aliphatic carbocycles. The molecule has 1 heterocycles. The number of cyclic esters (lactones) is 1. The summed E-state index contributed by atoms with van der Waals surface area (Å²) in [4.78, 5) is 51.4. The summed E-state index contributed by atoms with van der Waals surface area (Å²) in [5.41, 5.74) is 6.30. The number of carboxylic acid groups (broad SMARTS) is 4. The largest absolute Gasteiger partial charge is 0.481 e. The van der Waals surface area contributed by atoms with Gasteiger partial charge < -0.3 is 45.1 Å². The molecule has 0 aromatic rings. The van der Waals surface area contributed by atoms with Crippen LogP contribution in [0.4, 0.5) is 0 Å². The van der Waals surface area contributed by atoms with Crippen molar-refractivity contribution in [3.8, 4) is 0 Å². The molecule has 5 N–H and O–H groups in total. The summed E-state index contributed by atoms with van der Waals surface area (Å²) in [6.45, 7) is 39.1. The van der Waals surface area contributed by atoms with Crippen LogP contribution in [0.15, 0.2) is 120 Å². The average Bonchev–Trinajstić information content (AvgIpc) is 3.18. The van der Waals surface area contributed by atoms with Crippen LogP contribution in [0.25, 0.3) is 0 Å². The number of ether oxygens (including phenoxy) is 1. The first-order chi connectivity index (χ1) is 29.1. The molecule has 0 amide bonds. The van der Waals surface area contributed by atoms with Gasteiger partial charge in [0.05, 0.1) is 5.60 Å². The van der Waals surface area contributed by atoms with Crippen LogP contribution in [0.5, 0.6) is 0 Å². The maximum atomic E-state index is 10.7. The van der Waals surface area contributed by atoms with E-state index in [2.05, 4.69) is 66.2 Å². The number of carbonyl (C=O) groups is 5. The van der Waals surface area contributed by atoms with Crippen LogP contribution in [0.3, 0.4) is 0 Å². The van der Waals surface area contributed by atoms with Gasteiger partial charge in [0, 0.05) is 72.9 Å². The molecule has 67 heavy (non-hydrogen) atoms. The van der Waals surface area contributed by atoms with Gasteiger partial charge in [-0.1, -0.05) is 156 Å². The molecule has 0 radical (unpaired) electrons. The predicted octanol–water partition coefficient (Wildman–Crippen LogP) is 13.9. The Labute approximate surface area is 435 Å². The van der Waals surface area contributed by atoms with Crippen LogP contribution in [-0.2, 0) is 69.6 Å². The molecular formula is C54H90O11Pd2-2. The molecule has 1 saturated heterocycles. The molecule has 0 spiro atoms. The molecule has 394 valence electrons. The molecule has 13 heteroatoms. The van der Waals surface area contributed by atoms with Crippen molar-refractivity contribution >= 4 is 29.8 Å². The van der Waals surface area contributed by atoms with Crippen LogP contribution in [0.1, 0.15) is 154 Å². The van der Waals surface area contributed by atoms with Crippen molar-refractivity contribution in [1.29, 1.82) is 0 Å². The number of esters is 1. The molecule has 1 aliphatic heterocycles. The van der Waals surface area contributed by atoms with Crippen molar-refractivity contribution in [2.45, 2.75) is 159 Å². The minimum Gasteiger partial charge on any atom is -0.481 e. The molecule has 0 bridgehead atoms. The first-order valence-corrected chi connectivity index (χ1v) is 21.5. The van der Waals surface area contributed by atoms with Crippen LogP contribution in [0, 0.1) is 26.7 Å². The number of carbonyl (C=O) groups excluding carboxylic acids is 1. The van der Waals surface area contributed by atoms with E-state index < -0.39 is 29.5 Å². The van der Waals surface area contributed by atoms with Gasteiger partial charge in [-0.15, -0.1) is 0 Å². The number of carboxylic acids is 4. The van der Waals surface area contributed by atoms with Crippen molar-refractivity contribution in [2.24, 2.45) is 11.8 Å². The van der Waals surface area contributed by atoms with Gasteiger partial charge in [0.1, 0.15) is 6.61 Å². The van der Waals surface area contributed by atoms with E-state index in [9.17, 15) is 29.1 Å². The number of aliphatic hydroxyl groups is 1. The second-order valence-corrected chi connectivity index (χ2v) is 16.2. The Morgan fingerprint density at radius 1 is 0.627 bits per heavy atom. The SMILES string of the molecule is C=C(/C=C/C(C)(C)O)CCC(=O)O.C=C(C=CC(C)C)CCC(=O)O.C=C(C=CC(C)C)CCC(=O)O.C=C(CC=C(C)C)CCC(=O)O.CC.CC(C)=CC=C1CCC(=O)OC1.[CH3-].[CH3-].[Pd].[Pd]. The molecule has 0 saturated carbocycles. The van der Waals surface area contributed by atoms with Crippen molar-refractivity contribution in [3.63, 3.8) is 0 Å². The Balaban J connectivity index is -0.0000000875. The normalized spacial score (nSPS) is 11.6. The zero-order chi connectivity index (χ0) is 50.1. The maximum absolute atomic E-state index is 10.7. The van der Waals surface area contributed by atoms with Crippen LogP contribution in [-0.4, -0.2) is 67.6 Å². The first kappa shape index (κ1) is 83.1. The fourth-order valence-electron chi connectivity index (χ4n) is 3.76. The quantitative estimate of drug-likeness (QED) is 0.0241. The summed E-state index contributed by atoms with van der Waals surface area (Å²) in [5.74, 6) is -2.23. The summed E-state index contributed by atoms with van der Waals surface area (Å²) in [7, 11) is 0. The average molecular weight is 1130 g/mol. The number of hydrogen-bond acceptors (Lipinski definition) is 7. The Bertz CT molecular complexity index is 1540. The van der Waals surface area contributed by atoms with E-state index >= 15 is 0 Å². The fraction of sp³-hybridized carbons (Fsp3) is 0.500. The topological polar surface area (TPSA) is 196 Å². The molecule has 1 fully saturated rings. The Kier molecular flexibility index (Phi) is 65.7. The van der Waals surface area contributed by atoms with E-state index in [0.717, 1.165) is 29.6 Å².